The van der Waals surface area contributed by atoms with Crippen LogP contribution in [-0.4, -0.2) is 142 Å². The van der Waals surface area contributed by atoms with E-state index in [9.17, 15) is 39.0 Å². The number of amides is 4. The lowest BCUT2D eigenvalue weighted by atomic mass is 10.2. The van der Waals surface area contributed by atoms with Crippen molar-refractivity contribution in [1.29, 1.82) is 5.41 Å². The number of imidazole rings is 2. The maximum Gasteiger partial charge on any atom is 0.363 e. The minimum Gasteiger partial charge on any atom is -0.493 e. The zero-order valence-corrected chi connectivity index (χ0v) is 40.1. The number of quaternary nitrogens is 1. The first-order valence-corrected chi connectivity index (χ1v) is 22.3. The van der Waals surface area contributed by atoms with Gasteiger partial charge < -0.3 is 55.3 Å². The number of aromatic nitrogens is 4. The van der Waals surface area contributed by atoms with Crippen molar-refractivity contribution in [2.45, 2.75) is 59.9 Å². The molecule has 372 valence electrons. The summed E-state index contributed by atoms with van der Waals surface area (Å²) in [5.41, 5.74) is 8.16. The van der Waals surface area contributed by atoms with E-state index in [0.717, 1.165) is 0 Å². The number of ether oxygens (including phenoxy) is 3. The summed E-state index contributed by atoms with van der Waals surface area (Å²) in [7, 11) is 4.28. The second-order valence-corrected chi connectivity index (χ2v) is 15.9. The molecule has 1 unspecified atom stereocenters. The number of esters is 1. The van der Waals surface area contributed by atoms with Gasteiger partial charge in [-0.15, -0.1) is 0 Å². The van der Waals surface area contributed by atoms with Crippen molar-refractivity contribution in [1.82, 2.24) is 24.3 Å². The van der Waals surface area contributed by atoms with Gasteiger partial charge in [0.15, 0.2) is 17.0 Å². The first-order valence-electron chi connectivity index (χ1n) is 22.3. The van der Waals surface area contributed by atoms with Gasteiger partial charge in [0.1, 0.15) is 28.7 Å². The third-order valence-electron chi connectivity index (χ3n) is 10.6. The minimum absolute atomic E-state index is 0.0178. The number of aliphatic imine (C=N–C) groups is 1. The highest BCUT2D eigenvalue weighted by Crippen LogP contribution is 2.32. The average molecular weight is 969 g/mol. The van der Waals surface area contributed by atoms with Crippen LogP contribution in [0.4, 0.5) is 11.9 Å². The molecule has 0 saturated carbocycles. The summed E-state index contributed by atoms with van der Waals surface area (Å²) in [6.07, 6.45) is 8.19. The molecule has 4 aromatic rings. The molecule has 0 saturated heterocycles. The highest BCUT2D eigenvalue weighted by Gasteiger charge is 2.28. The molecule has 2 aromatic heterocycles. The van der Waals surface area contributed by atoms with E-state index in [-0.39, 0.29) is 108 Å². The molecule has 0 radical (unpaired) electrons. The standard InChI is InChI=1S/C47H58N12O11/c1-8-50-33(21-27(3)48)42(63)54-46-53-32-24-30(45(67)69-7)26-35(68-6)40(32)58(46)17-10-11-18-59-41-31(52-47(59)55-43(64)34(51-9-2)22-28(4)49)23-29(44(65)66)25-36(41)70-20-12-16-56(5)37(60)15-19-57-38(61)13-14-39(57)62/h10-11,13-14,21-26,38,61H,8-9,12,15-20H2,1-7H3,(H7,48,49,50,51,52,53,54,55,63,64,65,66)/p+2/b11-10+. The second kappa shape index (κ2) is 24.2. The Labute approximate surface area is 402 Å². The number of hydrogen-bond donors (Lipinski definition) is 8. The normalized spacial score (nSPS) is 14.2. The average Bonchev–Trinajstić information content (AvgIpc) is 3.96. The van der Waals surface area contributed by atoms with Gasteiger partial charge in [-0.3, -0.25) is 24.7 Å². The zero-order chi connectivity index (χ0) is 51.2. The van der Waals surface area contributed by atoms with Crippen molar-refractivity contribution < 1.29 is 63.1 Å². The lowest BCUT2D eigenvalue weighted by molar-refractivity contribution is -0.646. The van der Waals surface area contributed by atoms with E-state index in [4.69, 9.17) is 25.4 Å². The quantitative estimate of drug-likeness (QED) is 0.0124. The number of carbonyl (C=O) groups excluding carboxylic acids is 5. The number of H-pyrrole nitrogens is 1. The molecule has 0 bridgehead atoms. The fourth-order valence-electron chi connectivity index (χ4n) is 7.40. The summed E-state index contributed by atoms with van der Waals surface area (Å²) in [5, 5.41) is 35.5. The molecule has 23 nitrogen and oxygen atoms in total. The first-order chi connectivity index (χ1) is 33.4. The highest BCUT2D eigenvalue weighted by molar-refractivity contribution is 6.47. The topological polar surface area (TPSA) is 317 Å². The van der Waals surface area contributed by atoms with Gasteiger partial charge in [-0.05, 0) is 70.5 Å². The number of allylic oxidation sites excluding steroid dienone is 4. The Balaban J connectivity index is 1.52. The van der Waals surface area contributed by atoms with E-state index in [2.05, 4.69) is 25.6 Å². The molecule has 1 aliphatic heterocycles. The Hall–Kier alpha value is -8.18. The summed E-state index contributed by atoms with van der Waals surface area (Å²) in [5.74, 6) is -3.02. The molecule has 70 heavy (non-hydrogen) atoms. The van der Waals surface area contributed by atoms with Crippen LogP contribution >= 0.6 is 0 Å². The molecule has 2 aromatic carbocycles. The second-order valence-electron chi connectivity index (χ2n) is 15.9. The number of anilines is 2. The van der Waals surface area contributed by atoms with Gasteiger partial charge in [0.2, 0.25) is 17.8 Å². The molecule has 0 spiro atoms. The van der Waals surface area contributed by atoms with Gasteiger partial charge in [-0.1, -0.05) is 12.2 Å². The molecule has 1 atom stereocenters. The third kappa shape index (κ3) is 13.1. The largest absolute Gasteiger partial charge is 0.493 e. The molecule has 10 N–H and O–H groups in total. The molecular weight excluding hydrogens is 909 g/mol. The van der Waals surface area contributed by atoms with Gasteiger partial charge in [-0.2, -0.15) is 0 Å². The van der Waals surface area contributed by atoms with Crippen molar-refractivity contribution >= 4 is 81.0 Å². The smallest absolute Gasteiger partial charge is 0.363 e. The number of likely N-dealkylation sites (N-methyl/N-ethyl adjacent to an activating group) is 1. The lowest BCUT2D eigenvalue weighted by Gasteiger charge is -2.22. The fraction of sp³-hybridized carbons (Fsp3) is 0.362. The van der Waals surface area contributed by atoms with Crippen LogP contribution in [0.3, 0.4) is 0 Å². The van der Waals surface area contributed by atoms with Crippen molar-refractivity contribution in [3.05, 3.63) is 83.2 Å². The Morgan fingerprint density at radius 3 is 2.43 bits per heavy atom. The predicted octanol–water partition coefficient (Wildman–Crippen LogP) is 1.60. The van der Waals surface area contributed by atoms with Crippen molar-refractivity contribution in [3.63, 3.8) is 0 Å². The molecular formula is C47H60N12O11+2. The Morgan fingerprint density at radius 2 is 1.80 bits per heavy atom. The highest BCUT2D eigenvalue weighted by atomic mass is 16.5. The van der Waals surface area contributed by atoms with Crippen molar-refractivity contribution in [2.24, 2.45) is 10.7 Å². The van der Waals surface area contributed by atoms with Crippen molar-refractivity contribution in [3.8, 4) is 11.5 Å². The van der Waals surface area contributed by atoms with Crippen LogP contribution in [0.2, 0.25) is 0 Å². The van der Waals surface area contributed by atoms with Gasteiger partial charge in [0, 0.05) is 63.2 Å². The van der Waals surface area contributed by atoms with Crippen molar-refractivity contribution in [2.75, 3.05) is 64.7 Å². The van der Waals surface area contributed by atoms with E-state index in [0.29, 0.717) is 41.8 Å². The van der Waals surface area contributed by atoms with Crippen LogP contribution in [0.15, 0.2) is 77.1 Å². The van der Waals surface area contributed by atoms with Gasteiger partial charge in [0.25, 0.3) is 0 Å². The number of carboxylic acids is 1. The number of methoxy groups -OCH3 is 2. The van der Waals surface area contributed by atoms with Crippen LogP contribution in [0, 0.1) is 5.41 Å². The number of aromatic carboxylic acids is 1. The number of aliphatic hydroxyl groups is 1. The van der Waals surface area contributed by atoms with Crippen LogP contribution in [0.25, 0.3) is 22.1 Å². The van der Waals surface area contributed by atoms with E-state index in [1.54, 1.807) is 53.6 Å². The number of carbonyl (C=O) groups is 6. The predicted molar refractivity (Wildman–Crippen MR) is 259 cm³/mol. The van der Waals surface area contributed by atoms with E-state index in [1.807, 2.05) is 6.92 Å². The molecule has 5 rings (SSSR count). The Bertz CT molecular complexity index is 2830. The molecule has 0 aliphatic carbocycles. The molecule has 0 fully saturated rings. The number of fused-ring (bicyclic) bond motifs is 2. The number of aromatic amines is 1. The third-order valence-corrected chi connectivity index (χ3v) is 10.6. The Kier molecular flexibility index (Phi) is 18.3. The first kappa shape index (κ1) is 52.8. The summed E-state index contributed by atoms with van der Waals surface area (Å²) >= 11 is 0. The summed E-state index contributed by atoms with van der Waals surface area (Å²) < 4.78 is 20.3. The summed E-state index contributed by atoms with van der Waals surface area (Å²) in [6.45, 7) is 7.99. The molecule has 1 aliphatic rings. The van der Waals surface area contributed by atoms with Crippen LogP contribution in [-0.2, 0) is 37.0 Å². The maximum atomic E-state index is 13.8. The number of nitrogens with one attached hydrogen (secondary N) is 4. The summed E-state index contributed by atoms with van der Waals surface area (Å²) in [6, 6.07) is 5.76. The number of benzene rings is 2. The van der Waals surface area contributed by atoms with E-state index >= 15 is 0 Å². The molecule has 3 heterocycles. The monoisotopic (exact) mass is 968 g/mol. The number of nitrogens with two attached hydrogens (primary N) is 2. The Morgan fingerprint density at radius 1 is 1.06 bits per heavy atom. The van der Waals surface area contributed by atoms with Crippen LogP contribution < -0.4 is 35.7 Å². The molecule has 4 amide bonds. The SMILES string of the molecule is CCN=C(/C=C(/C)N)C(=O)Nc1[nH]c2cc(C(=O)OC)cc(OC)c2[n+]1C/C=C/Cn1c(NC(=O)/C(=C/C(C)=N)[NH2+]CC)nc2cc(C(=O)O)cc(OCCCN(C)C(=O)CCN3C(=O)C=CC3O)c21. The van der Waals surface area contributed by atoms with Crippen LogP contribution in [0.5, 0.6) is 11.5 Å². The number of aliphatic hydroxyl groups excluding tert-OH is 1. The van der Waals surface area contributed by atoms with E-state index in [1.165, 1.54) is 73.4 Å². The fourth-order valence-corrected chi connectivity index (χ4v) is 7.40. The summed E-state index contributed by atoms with van der Waals surface area (Å²) in [4.78, 5) is 92.1. The number of nitrogens with zero attached hydrogens (tertiary/aromatic N) is 6. The van der Waals surface area contributed by atoms with E-state index < -0.39 is 30.0 Å². The van der Waals surface area contributed by atoms with Gasteiger partial charge in [0.05, 0.1) is 50.6 Å². The zero-order valence-electron chi connectivity index (χ0n) is 40.1. The minimum atomic E-state index is -1.26. The lowest BCUT2D eigenvalue weighted by Crippen LogP contribution is -2.83. The van der Waals surface area contributed by atoms with Crippen LogP contribution in [0.1, 0.15) is 61.3 Å². The van der Waals surface area contributed by atoms with Gasteiger partial charge in [-0.25, -0.2) is 34.2 Å². The number of rotatable bonds is 24. The van der Waals surface area contributed by atoms with Gasteiger partial charge >= 0.3 is 29.7 Å². The maximum absolute atomic E-state index is 13.8. The number of carboxylic acid groups (broad SMARTS) is 1. The molecule has 23 heteroatoms. The number of hydrogen-bond acceptors (Lipinski definition) is 14.